The number of carbonyl (C=O) groups excluding carboxylic acids is 2. The SMILES string of the molecule is CCOc1cc(/C=C2\SC(N)=NC2=O)cc(Cl)c1OS(=O)(=O)c1ccc(NC(C)=O)cc1. The molecule has 0 bridgehead atoms. The molecule has 3 rings (SSSR count). The van der Waals surface area contributed by atoms with E-state index in [2.05, 4.69) is 10.3 Å². The molecule has 0 saturated carbocycles. The van der Waals surface area contributed by atoms with Gasteiger partial charge in [0.1, 0.15) is 4.90 Å². The largest absolute Gasteiger partial charge is 0.490 e. The number of carbonyl (C=O) groups is 2. The van der Waals surface area contributed by atoms with Gasteiger partial charge in [-0.05, 0) is 66.7 Å². The molecular weight excluding hydrogens is 478 g/mol. The minimum absolute atomic E-state index is 0.0365. The zero-order valence-electron chi connectivity index (χ0n) is 16.9. The van der Waals surface area contributed by atoms with Gasteiger partial charge in [-0.1, -0.05) is 11.6 Å². The molecule has 0 aliphatic carbocycles. The summed E-state index contributed by atoms with van der Waals surface area (Å²) in [6, 6.07) is 8.38. The van der Waals surface area contributed by atoms with Gasteiger partial charge in [0.15, 0.2) is 10.9 Å². The van der Waals surface area contributed by atoms with Crippen molar-refractivity contribution < 1.29 is 26.9 Å². The summed E-state index contributed by atoms with van der Waals surface area (Å²) in [4.78, 5) is 26.7. The van der Waals surface area contributed by atoms with E-state index in [0.717, 1.165) is 11.8 Å². The van der Waals surface area contributed by atoms with Crippen LogP contribution in [0.3, 0.4) is 0 Å². The second-order valence-corrected chi connectivity index (χ2v) is 9.39. The first-order chi connectivity index (χ1) is 15.1. The predicted octanol–water partition coefficient (Wildman–Crippen LogP) is 3.39. The van der Waals surface area contributed by atoms with Crippen LogP contribution in [0.5, 0.6) is 11.5 Å². The Morgan fingerprint density at radius 2 is 1.97 bits per heavy atom. The fraction of sp³-hybridized carbons (Fsp3) is 0.150. The van der Waals surface area contributed by atoms with Crippen molar-refractivity contribution in [3.05, 3.63) is 51.9 Å². The van der Waals surface area contributed by atoms with Crippen LogP contribution in [0.15, 0.2) is 51.2 Å². The van der Waals surface area contributed by atoms with Gasteiger partial charge in [0.2, 0.25) is 11.7 Å². The second-order valence-electron chi connectivity index (χ2n) is 6.37. The number of nitrogens with zero attached hydrogens (tertiary/aromatic N) is 1. The highest BCUT2D eigenvalue weighted by molar-refractivity contribution is 8.18. The summed E-state index contributed by atoms with van der Waals surface area (Å²) >= 11 is 7.32. The zero-order valence-corrected chi connectivity index (χ0v) is 19.3. The molecule has 1 heterocycles. The molecule has 2 amide bonds. The van der Waals surface area contributed by atoms with Gasteiger partial charge in [-0.25, -0.2) is 0 Å². The molecule has 0 aromatic heterocycles. The first-order valence-corrected chi connectivity index (χ1v) is 11.8. The van der Waals surface area contributed by atoms with Gasteiger partial charge in [-0.15, -0.1) is 0 Å². The van der Waals surface area contributed by atoms with Crippen LogP contribution in [-0.4, -0.2) is 32.0 Å². The molecular formula is C20H18ClN3O6S2. The highest BCUT2D eigenvalue weighted by Crippen LogP contribution is 2.40. The molecule has 0 fully saturated rings. The van der Waals surface area contributed by atoms with E-state index in [1.54, 1.807) is 6.92 Å². The molecule has 2 aromatic rings. The Labute approximate surface area is 193 Å². The molecule has 12 heteroatoms. The van der Waals surface area contributed by atoms with Crippen molar-refractivity contribution >= 4 is 62.2 Å². The molecule has 0 saturated heterocycles. The number of amides is 2. The Morgan fingerprint density at radius 3 is 2.53 bits per heavy atom. The Bertz CT molecular complexity index is 1240. The third kappa shape index (κ3) is 5.61. The first-order valence-electron chi connectivity index (χ1n) is 9.15. The van der Waals surface area contributed by atoms with E-state index in [1.807, 2.05) is 0 Å². The number of hydrogen-bond donors (Lipinski definition) is 2. The van der Waals surface area contributed by atoms with Gasteiger partial charge in [0.05, 0.1) is 16.5 Å². The number of nitrogens with one attached hydrogen (secondary N) is 1. The fourth-order valence-corrected chi connectivity index (χ4v) is 4.60. The van der Waals surface area contributed by atoms with Crippen molar-refractivity contribution in [1.29, 1.82) is 0 Å². The number of thioether (sulfide) groups is 1. The topological polar surface area (TPSA) is 137 Å². The standard InChI is InChI=1S/C20H18ClN3O6S2/c1-3-29-16-9-12(10-17-19(26)24-20(22)31-17)8-15(21)18(16)30-32(27,28)14-6-4-13(5-7-14)23-11(2)25/h4-10H,3H2,1-2H3,(H,23,25)(H2,22,24,26)/b17-10-. The normalized spacial score (nSPS) is 14.9. The van der Waals surface area contributed by atoms with Crippen LogP contribution >= 0.6 is 23.4 Å². The molecule has 0 unspecified atom stereocenters. The summed E-state index contributed by atoms with van der Waals surface area (Å²) in [5, 5.41) is 2.64. The maximum absolute atomic E-state index is 12.8. The summed E-state index contributed by atoms with van der Waals surface area (Å²) in [7, 11) is -4.26. The van der Waals surface area contributed by atoms with Crippen molar-refractivity contribution in [2.45, 2.75) is 18.7 Å². The number of aliphatic imine (C=N–C) groups is 1. The number of ether oxygens (including phenoxy) is 1. The molecule has 9 nitrogen and oxygen atoms in total. The Morgan fingerprint density at radius 1 is 1.28 bits per heavy atom. The molecule has 1 aliphatic heterocycles. The highest BCUT2D eigenvalue weighted by Gasteiger charge is 2.24. The third-order valence-corrected chi connectivity index (χ3v) is 6.25. The summed E-state index contributed by atoms with van der Waals surface area (Å²) in [5.74, 6) is -0.878. The van der Waals surface area contributed by atoms with E-state index >= 15 is 0 Å². The van der Waals surface area contributed by atoms with Crippen molar-refractivity contribution in [3.8, 4) is 11.5 Å². The van der Waals surface area contributed by atoms with Crippen LogP contribution in [0.2, 0.25) is 5.02 Å². The van der Waals surface area contributed by atoms with Gasteiger partial charge < -0.3 is 20.0 Å². The van der Waals surface area contributed by atoms with E-state index in [9.17, 15) is 18.0 Å². The van der Waals surface area contributed by atoms with Crippen molar-refractivity contribution in [2.24, 2.45) is 10.7 Å². The summed E-state index contributed by atoms with van der Waals surface area (Å²) in [6.07, 6.45) is 1.52. The van der Waals surface area contributed by atoms with Crippen LogP contribution in [0.4, 0.5) is 5.69 Å². The quantitative estimate of drug-likeness (QED) is 0.440. The number of rotatable bonds is 7. The average Bonchev–Trinajstić information content (AvgIpc) is 3.01. The van der Waals surface area contributed by atoms with Crippen LogP contribution < -0.4 is 20.0 Å². The minimum atomic E-state index is -4.26. The van der Waals surface area contributed by atoms with E-state index in [4.69, 9.17) is 26.3 Å². The Kier molecular flexibility index (Phi) is 7.12. The number of nitrogens with two attached hydrogens (primary N) is 1. The summed E-state index contributed by atoms with van der Waals surface area (Å²) in [5.41, 5.74) is 6.46. The minimum Gasteiger partial charge on any atom is -0.490 e. The van der Waals surface area contributed by atoms with Crippen LogP contribution in [0.1, 0.15) is 19.4 Å². The maximum Gasteiger partial charge on any atom is 0.339 e. The van der Waals surface area contributed by atoms with Crippen LogP contribution in [0, 0.1) is 0 Å². The van der Waals surface area contributed by atoms with Crippen molar-refractivity contribution in [2.75, 3.05) is 11.9 Å². The number of benzene rings is 2. The van der Waals surface area contributed by atoms with E-state index in [1.165, 1.54) is 49.4 Å². The smallest absolute Gasteiger partial charge is 0.339 e. The van der Waals surface area contributed by atoms with Gasteiger partial charge in [-0.2, -0.15) is 13.4 Å². The number of hydrogen-bond acceptors (Lipinski definition) is 8. The van der Waals surface area contributed by atoms with Gasteiger partial charge in [0.25, 0.3) is 5.91 Å². The number of amidine groups is 1. The Balaban J connectivity index is 1.92. The fourth-order valence-electron chi connectivity index (χ4n) is 2.66. The van der Waals surface area contributed by atoms with E-state index in [-0.39, 0.29) is 39.1 Å². The highest BCUT2D eigenvalue weighted by atomic mass is 35.5. The lowest BCUT2D eigenvalue weighted by molar-refractivity contribution is -0.114. The molecule has 0 radical (unpaired) electrons. The summed E-state index contributed by atoms with van der Waals surface area (Å²) in [6.45, 7) is 3.26. The van der Waals surface area contributed by atoms with Crippen LogP contribution in [0.25, 0.3) is 6.08 Å². The van der Waals surface area contributed by atoms with E-state index < -0.39 is 16.0 Å². The lowest BCUT2D eigenvalue weighted by atomic mass is 10.2. The van der Waals surface area contributed by atoms with Crippen molar-refractivity contribution in [3.63, 3.8) is 0 Å². The lowest BCUT2D eigenvalue weighted by Gasteiger charge is -2.14. The maximum atomic E-state index is 12.8. The molecule has 1 aliphatic rings. The average molecular weight is 496 g/mol. The number of anilines is 1. The predicted molar refractivity (Wildman–Crippen MR) is 123 cm³/mol. The molecule has 0 atom stereocenters. The monoisotopic (exact) mass is 495 g/mol. The van der Waals surface area contributed by atoms with Crippen LogP contribution in [-0.2, 0) is 19.7 Å². The second kappa shape index (κ2) is 9.63. The Hall–Kier alpha value is -3.02. The zero-order chi connectivity index (χ0) is 23.5. The summed E-state index contributed by atoms with van der Waals surface area (Å²) < 4.78 is 36.3. The van der Waals surface area contributed by atoms with Gasteiger partial charge in [-0.3, -0.25) is 9.59 Å². The molecule has 168 valence electrons. The first kappa shape index (κ1) is 23.6. The van der Waals surface area contributed by atoms with Crippen molar-refractivity contribution in [1.82, 2.24) is 0 Å². The molecule has 32 heavy (non-hydrogen) atoms. The molecule has 3 N–H and O–H groups in total. The molecule has 2 aromatic carbocycles. The number of halogens is 1. The van der Waals surface area contributed by atoms with Gasteiger partial charge >= 0.3 is 10.1 Å². The third-order valence-electron chi connectivity index (χ3n) is 3.92. The van der Waals surface area contributed by atoms with E-state index in [0.29, 0.717) is 16.2 Å². The molecule has 0 spiro atoms. The van der Waals surface area contributed by atoms with Gasteiger partial charge in [0, 0.05) is 12.6 Å². The lowest BCUT2D eigenvalue weighted by Crippen LogP contribution is -2.12.